The minimum Gasteiger partial charge on any atom is -0.481 e. The number of nitrogens with one attached hydrogen (secondary N) is 1. The average molecular weight is 340 g/mol. The van der Waals surface area contributed by atoms with Crippen LogP contribution >= 0.6 is 23.5 Å². The maximum Gasteiger partial charge on any atom is 0.313 e. The van der Waals surface area contributed by atoms with Crippen LogP contribution in [0.15, 0.2) is 28.0 Å². The first-order valence-corrected chi connectivity index (χ1v) is 7.55. The summed E-state index contributed by atoms with van der Waals surface area (Å²) < 4.78 is 0. The number of thioether (sulfide) groups is 2. The third kappa shape index (κ3) is 3.86. The van der Waals surface area contributed by atoms with Gasteiger partial charge in [-0.2, -0.15) is 0 Å². The van der Waals surface area contributed by atoms with Crippen molar-refractivity contribution in [2.24, 2.45) is 0 Å². The molecule has 114 valence electrons. The maximum absolute atomic E-state index is 11.4. The number of nitro benzene ring substituents is 1. The lowest BCUT2D eigenvalue weighted by Gasteiger charge is -2.02. The molecule has 2 rings (SSSR count). The number of nitro groups is 1. The summed E-state index contributed by atoms with van der Waals surface area (Å²) in [6.45, 7) is 0. The lowest BCUT2D eigenvalue weighted by molar-refractivity contribution is -0.387. The van der Waals surface area contributed by atoms with E-state index >= 15 is 0 Å². The van der Waals surface area contributed by atoms with E-state index in [2.05, 4.69) is 5.32 Å². The van der Waals surface area contributed by atoms with Crippen LogP contribution in [0.5, 0.6) is 0 Å². The molecule has 0 spiro atoms. The number of rotatable bonds is 5. The molecule has 1 aliphatic heterocycles. The Bertz CT molecular complexity index is 716. The molecule has 2 N–H and O–H groups in total. The molecule has 0 aromatic heterocycles. The van der Waals surface area contributed by atoms with Crippen LogP contribution in [-0.2, 0) is 9.59 Å². The molecule has 22 heavy (non-hydrogen) atoms. The zero-order valence-electron chi connectivity index (χ0n) is 10.8. The summed E-state index contributed by atoms with van der Waals surface area (Å²) in [7, 11) is 0. The lowest BCUT2D eigenvalue weighted by Crippen LogP contribution is -2.17. The minimum absolute atomic E-state index is 0.144. The second-order valence-corrected chi connectivity index (χ2v) is 6.05. The van der Waals surface area contributed by atoms with Crippen LogP contribution in [0, 0.1) is 10.1 Å². The van der Waals surface area contributed by atoms with Crippen molar-refractivity contribution in [3.8, 4) is 0 Å². The van der Waals surface area contributed by atoms with Gasteiger partial charge in [0.2, 0.25) is 0 Å². The molecule has 0 atom stereocenters. The first-order chi connectivity index (χ1) is 10.4. The van der Waals surface area contributed by atoms with Crippen molar-refractivity contribution in [3.05, 3.63) is 38.8 Å². The van der Waals surface area contributed by atoms with E-state index in [4.69, 9.17) is 5.11 Å². The summed E-state index contributed by atoms with van der Waals surface area (Å²) in [5, 5.41) is 21.3. The van der Waals surface area contributed by atoms with Gasteiger partial charge in [0.05, 0.1) is 20.5 Å². The molecule has 1 fully saturated rings. The quantitative estimate of drug-likeness (QED) is 0.361. The molecular formula is C12H8N2O6S2. The number of hydrogen-bond acceptors (Lipinski definition) is 7. The van der Waals surface area contributed by atoms with Crippen molar-refractivity contribution in [1.29, 1.82) is 0 Å². The third-order valence-corrected chi connectivity index (χ3v) is 4.33. The van der Waals surface area contributed by atoms with Gasteiger partial charge in [-0.15, -0.1) is 11.8 Å². The number of hydrogen-bond donors (Lipinski definition) is 2. The summed E-state index contributed by atoms with van der Waals surface area (Å²) in [5.41, 5.74) is 0.119. The van der Waals surface area contributed by atoms with Crippen molar-refractivity contribution in [2.75, 3.05) is 5.75 Å². The molecular weight excluding hydrogens is 332 g/mol. The summed E-state index contributed by atoms with van der Waals surface area (Å²) in [6.07, 6.45) is 1.36. The highest BCUT2D eigenvalue weighted by molar-refractivity contribution is 8.18. The smallest absolute Gasteiger partial charge is 0.313 e. The molecule has 0 unspecified atom stereocenters. The molecule has 0 saturated carbocycles. The van der Waals surface area contributed by atoms with E-state index < -0.39 is 22.0 Å². The summed E-state index contributed by atoms with van der Waals surface area (Å²) in [4.78, 5) is 43.8. The van der Waals surface area contributed by atoms with Crippen LogP contribution in [-0.4, -0.2) is 32.9 Å². The van der Waals surface area contributed by atoms with Crippen LogP contribution in [0.2, 0.25) is 0 Å². The number of carbonyl (C=O) groups is 3. The normalized spacial score (nSPS) is 15.9. The molecule has 10 heteroatoms. The molecule has 8 nitrogen and oxygen atoms in total. The number of aliphatic carboxylic acids is 1. The van der Waals surface area contributed by atoms with Crippen LogP contribution < -0.4 is 5.32 Å². The topological polar surface area (TPSA) is 127 Å². The van der Waals surface area contributed by atoms with Gasteiger partial charge in [-0.25, -0.2) is 0 Å². The van der Waals surface area contributed by atoms with Gasteiger partial charge in [0.15, 0.2) is 0 Å². The van der Waals surface area contributed by atoms with Gasteiger partial charge < -0.3 is 5.11 Å². The summed E-state index contributed by atoms with van der Waals surface area (Å²) in [6, 6.07) is 4.16. The van der Waals surface area contributed by atoms with E-state index in [0.717, 1.165) is 11.8 Å². The molecule has 0 bridgehead atoms. The number of carbonyl (C=O) groups excluding carboxylic acids is 2. The number of amides is 2. The van der Waals surface area contributed by atoms with E-state index in [1.165, 1.54) is 24.3 Å². The van der Waals surface area contributed by atoms with E-state index in [-0.39, 0.29) is 21.2 Å². The Hall–Kier alpha value is -2.33. The summed E-state index contributed by atoms with van der Waals surface area (Å²) >= 11 is 1.55. The number of benzene rings is 1. The zero-order chi connectivity index (χ0) is 16.3. The van der Waals surface area contributed by atoms with Crippen LogP contribution in [0.3, 0.4) is 0 Å². The number of carboxylic acid groups (broad SMARTS) is 1. The molecule has 1 aromatic carbocycles. The minimum atomic E-state index is -1.08. The third-order valence-electron chi connectivity index (χ3n) is 2.47. The Morgan fingerprint density at radius 3 is 2.73 bits per heavy atom. The first-order valence-electron chi connectivity index (χ1n) is 5.74. The second kappa shape index (κ2) is 6.62. The van der Waals surface area contributed by atoms with Crippen molar-refractivity contribution >= 4 is 52.4 Å². The highest BCUT2D eigenvalue weighted by Gasteiger charge is 2.25. The molecule has 2 amide bonds. The van der Waals surface area contributed by atoms with Crippen LogP contribution in [0.1, 0.15) is 5.56 Å². The van der Waals surface area contributed by atoms with Crippen molar-refractivity contribution in [2.45, 2.75) is 4.90 Å². The Morgan fingerprint density at radius 2 is 2.18 bits per heavy atom. The van der Waals surface area contributed by atoms with Gasteiger partial charge >= 0.3 is 5.97 Å². The van der Waals surface area contributed by atoms with Crippen LogP contribution in [0.4, 0.5) is 10.5 Å². The fourth-order valence-electron chi connectivity index (χ4n) is 1.60. The number of nitrogens with zero attached hydrogens (tertiary/aromatic N) is 1. The Balaban J connectivity index is 2.31. The van der Waals surface area contributed by atoms with E-state index in [9.17, 15) is 24.5 Å². The fraction of sp³-hybridized carbons (Fsp3) is 0.0833. The van der Waals surface area contributed by atoms with E-state index in [1.807, 2.05) is 0 Å². The molecule has 0 radical (unpaired) electrons. The number of carboxylic acids is 1. The van der Waals surface area contributed by atoms with Gasteiger partial charge in [0.25, 0.3) is 16.8 Å². The van der Waals surface area contributed by atoms with Gasteiger partial charge in [-0.05, 0) is 29.5 Å². The molecule has 0 aliphatic carbocycles. The molecule has 1 saturated heterocycles. The lowest BCUT2D eigenvalue weighted by atomic mass is 10.2. The predicted octanol–water partition coefficient (Wildman–Crippen LogP) is 2.10. The highest BCUT2D eigenvalue weighted by Crippen LogP contribution is 2.32. The van der Waals surface area contributed by atoms with Gasteiger partial charge in [0, 0.05) is 6.07 Å². The Labute approximate surface area is 132 Å². The van der Waals surface area contributed by atoms with E-state index in [0.29, 0.717) is 17.3 Å². The average Bonchev–Trinajstić information content (AvgIpc) is 2.75. The van der Waals surface area contributed by atoms with Crippen molar-refractivity contribution in [3.63, 3.8) is 0 Å². The zero-order valence-corrected chi connectivity index (χ0v) is 12.4. The Morgan fingerprint density at radius 1 is 1.45 bits per heavy atom. The maximum atomic E-state index is 11.4. The predicted molar refractivity (Wildman–Crippen MR) is 80.6 cm³/mol. The fourth-order valence-corrected chi connectivity index (χ4v) is 3.01. The standard InChI is InChI=1S/C12H8N2O6S2/c15-10(16)5-21-8-2-1-6(3-7(8)14(19)20)4-9-11(17)13-12(18)22-9/h1-4H,5H2,(H,15,16)(H,13,17,18)/b9-4-. The van der Waals surface area contributed by atoms with Crippen molar-refractivity contribution in [1.82, 2.24) is 5.32 Å². The Kier molecular flexibility index (Phi) is 4.83. The SMILES string of the molecule is O=C(O)CSc1ccc(/C=C2\SC(=O)NC2=O)cc1[N+](=O)[O-]. The second-order valence-electron chi connectivity index (χ2n) is 4.02. The van der Waals surface area contributed by atoms with Gasteiger partial charge in [-0.3, -0.25) is 29.8 Å². The van der Waals surface area contributed by atoms with Crippen LogP contribution in [0.25, 0.3) is 6.08 Å². The first kappa shape index (κ1) is 16.0. The molecule has 1 heterocycles. The van der Waals surface area contributed by atoms with Gasteiger partial charge in [0.1, 0.15) is 0 Å². The van der Waals surface area contributed by atoms with E-state index in [1.54, 1.807) is 0 Å². The van der Waals surface area contributed by atoms with Gasteiger partial charge in [-0.1, -0.05) is 6.07 Å². The molecule has 1 aliphatic rings. The van der Waals surface area contributed by atoms with Crippen molar-refractivity contribution < 1.29 is 24.4 Å². The highest BCUT2D eigenvalue weighted by atomic mass is 32.2. The molecule has 1 aromatic rings. The monoisotopic (exact) mass is 340 g/mol. The number of imide groups is 1. The largest absolute Gasteiger partial charge is 0.481 e. The summed E-state index contributed by atoms with van der Waals surface area (Å²) in [5.74, 6) is -1.93.